The lowest BCUT2D eigenvalue weighted by molar-refractivity contribution is -0.132. The molecule has 0 aromatic heterocycles. The standard InChI is InChI=1S/C19H31F3N4O/c1-5-23-18(24-12-11-19(20,21)22)25-14-17(26(6-2)7-3)15-9-8-10-16(13-15)27-4/h8-10,13,17H,5-7,11-12,14H2,1-4H3,(H2,23,24,25). The number of likely N-dealkylation sites (N-methyl/N-ethyl adjacent to an activating group) is 1. The number of benzene rings is 1. The van der Waals surface area contributed by atoms with E-state index in [1.807, 2.05) is 31.2 Å². The summed E-state index contributed by atoms with van der Waals surface area (Å²) in [7, 11) is 1.62. The maximum Gasteiger partial charge on any atom is 0.390 e. The molecule has 0 bridgehead atoms. The minimum atomic E-state index is -4.19. The van der Waals surface area contributed by atoms with Crippen molar-refractivity contribution in [3.8, 4) is 5.75 Å². The van der Waals surface area contributed by atoms with Crippen molar-refractivity contribution in [1.29, 1.82) is 0 Å². The zero-order valence-corrected chi connectivity index (χ0v) is 16.6. The first-order valence-corrected chi connectivity index (χ1v) is 9.31. The van der Waals surface area contributed by atoms with E-state index in [1.165, 1.54) is 0 Å². The number of guanidine groups is 1. The quantitative estimate of drug-likeness (QED) is 0.475. The van der Waals surface area contributed by atoms with Crippen LogP contribution in [-0.2, 0) is 0 Å². The van der Waals surface area contributed by atoms with Gasteiger partial charge in [-0.05, 0) is 37.7 Å². The Balaban J connectivity index is 2.94. The largest absolute Gasteiger partial charge is 0.497 e. The molecule has 0 saturated carbocycles. The van der Waals surface area contributed by atoms with Gasteiger partial charge in [0.15, 0.2) is 5.96 Å². The Kier molecular flexibility index (Phi) is 9.99. The Labute approximate surface area is 160 Å². The smallest absolute Gasteiger partial charge is 0.390 e. The summed E-state index contributed by atoms with van der Waals surface area (Å²) in [4.78, 5) is 6.79. The molecule has 1 aromatic carbocycles. The highest BCUT2D eigenvalue weighted by Gasteiger charge is 2.26. The van der Waals surface area contributed by atoms with Crippen molar-refractivity contribution >= 4 is 5.96 Å². The predicted octanol–water partition coefficient (Wildman–Crippen LogP) is 3.59. The number of alkyl halides is 3. The number of nitrogens with zero attached hydrogens (tertiary/aromatic N) is 2. The third-order valence-electron chi connectivity index (χ3n) is 4.20. The number of nitrogens with one attached hydrogen (secondary N) is 2. The van der Waals surface area contributed by atoms with Crippen LogP contribution in [0.2, 0.25) is 0 Å². The highest BCUT2D eigenvalue weighted by molar-refractivity contribution is 5.79. The van der Waals surface area contributed by atoms with E-state index in [2.05, 4.69) is 34.4 Å². The predicted molar refractivity (Wildman–Crippen MR) is 103 cm³/mol. The minimum absolute atomic E-state index is 0.00757. The van der Waals surface area contributed by atoms with Crippen molar-refractivity contribution in [3.63, 3.8) is 0 Å². The summed E-state index contributed by atoms with van der Waals surface area (Å²) in [5.74, 6) is 1.16. The normalized spacial score (nSPS) is 13.6. The van der Waals surface area contributed by atoms with Crippen molar-refractivity contribution < 1.29 is 17.9 Å². The molecular weight excluding hydrogens is 357 g/mol. The lowest BCUT2D eigenvalue weighted by atomic mass is 10.0. The molecule has 1 atom stereocenters. The number of rotatable bonds is 10. The second-order valence-corrected chi connectivity index (χ2v) is 6.03. The highest BCUT2D eigenvalue weighted by Crippen LogP contribution is 2.24. The number of hydrogen-bond donors (Lipinski definition) is 2. The van der Waals surface area contributed by atoms with Crippen LogP contribution in [0.5, 0.6) is 5.75 Å². The van der Waals surface area contributed by atoms with Crippen LogP contribution in [0.1, 0.15) is 38.8 Å². The molecule has 1 unspecified atom stereocenters. The summed E-state index contributed by atoms with van der Waals surface area (Å²) in [6, 6.07) is 7.82. The summed E-state index contributed by atoms with van der Waals surface area (Å²) in [6.45, 7) is 8.51. The maximum absolute atomic E-state index is 12.4. The fourth-order valence-electron chi connectivity index (χ4n) is 2.79. The Hall–Kier alpha value is -1.96. The summed E-state index contributed by atoms with van der Waals surface area (Å²) >= 11 is 0. The van der Waals surface area contributed by atoms with Gasteiger partial charge in [0.05, 0.1) is 26.1 Å². The summed E-state index contributed by atoms with van der Waals surface area (Å²) in [5, 5.41) is 5.76. The van der Waals surface area contributed by atoms with Gasteiger partial charge in [-0.1, -0.05) is 26.0 Å². The van der Waals surface area contributed by atoms with E-state index in [0.29, 0.717) is 19.0 Å². The average Bonchev–Trinajstić information content (AvgIpc) is 2.64. The van der Waals surface area contributed by atoms with Gasteiger partial charge in [-0.3, -0.25) is 9.89 Å². The molecule has 0 heterocycles. The number of methoxy groups -OCH3 is 1. The van der Waals surface area contributed by atoms with Gasteiger partial charge in [-0.2, -0.15) is 13.2 Å². The van der Waals surface area contributed by atoms with Crippen LogP contribution < -0.4 is 15.4 Å². The molecule has 2 N–H and O–H groups in total. The second-order valence-electron chi connectivity index (χ2n) is 6.03. The van der Waals surface area contributed by atoms with Gasteiger partial charge in [-0.15, -0.1) is 0 Å². The lowest BCUT2D eigenvalue weighted by Gasteiger charge is -2.29. The monoisotopic (exact) mass is 388 g/mol. The van der Waals surface area contributed by atoms with Crippen molar-refractivity contribution in [2.75, 3.05) is 39.8 Å². The van der Waals surface area contributed by atoms with Gasteiger partial charge in [0.1, 0.15) is 5.75 Å². The molecule has 0 spiro atoms. The molecule has 8 heteroatoms. The maximum atomic E-state index is 12.4. The first-order chi connectivity index (χ1) is 12.8. The molecule has 0 radical (unpaired) electrons. The Morgan fingerprint density at radius 1 is 1.19 bits per heavy atom. The van der Waals surface area contributed by atoms with Gasteiger partial charge >= 0.3 is 6.18 Å². The van der Waals surface area contributed by atoms with Gasteiger partial charge < -0.3 is 15.4 Å². The van der Waals surface area contributed by atoms with Crippen LogP contribution in [0.3, 0.4) is 0 Å². The fourth-order valence-corrected chi connectivity index (χ4v) is 2.79. The summed E-state index contributed by atoms with van der Waals surface area (Å²) < 4.78 is 42.4. The third-order valence-corrected chi connectivity index (χ3v) is 4.20. The van der Waals surface area contributed by atoms with Crippen LogP contribution in [0.4, 0.5) is 13.2 Å². The molecule has 0 saturated heterocycles. The molecule has 154 valence electrons. The first-order valence-electron chi connectivity index (χ1n) is 9.31. The van der Waals surface area contributed by atoms with Crippen LogP contribution in [-0.4, -0.2) is 56.9 Å². The lowest BCUT2D eigenvalue weighted by Crippen LogP contribution is -2.40. The molecule has 0 aliphatic heterocycles. The molecule has 5 nitrogen and oxygen atoms in total. The molecular formula is C19H31F3N4O. The van der Waals surface area contributed by atoms with E-state index in [0.717, 1.165) is 24.4 Å². The summed E-state index contributed by atoms with van der Waals surface area (Å²) in [5.41, 5.74) is 1.06. The zero-order chi connectivity index (χ0) is 20.3. The van der Waals surface area contributed by atoms with Crippen molar-refractivity contribution in [2.45, 2.75) is 39.4 Å². The first kappa shape index (κ1) is 23.1. The van der Waals surface area contributed by atoms with Crippen LogP contribution in [0.15, 0.2) is 29.3 Å². The topological polar surface area (TPSA) is 48.9 Å². The van der Waals surface area contributed by atoms with E-state index in [1.54, 1.807) is 7.11 Å². The van der Waals surface area contributed by atoms with Crippen LogP contribution >= 0.6 is 0 Å². The molecule has 1 rings (SSSR count). The SMILES string of the molecule is CCNC(=NCC(c1cccc(OC)c1)N(CC)CC)NCCC(F)(F)F. The Morgan fingerprint density at radius 2 is 1.89 bits per heavy atom. The van der Waals surface area contributed by atoms with Gasteiger partial charge in [0.25, 0.3) is 0 Å². The van der Waals surface area contributed by atoms with Crippen molar-refractivity contribution in [3.05, 3.63) is 29.8 Å². The number of halogens is 3. The van der Waals surface area contributed by atoms with E-state index in [9.17, 15) is 13.2 Å². The second kappa shape index (κ2) is 11.7. The Morgan fingerprint density at radius 3 is 2.44 bits per heavy atom. The number of ether oxygens (including phenoxy) is 1. The van der Waals surface area contributed by atoms with Gasteiger partial charge in [-0.25, -0.2) is 0 Å². The molecule has 0 aliphatic rings. The molecule has 0 amide bonds. The fraction of sp³-hybridized carbons (Fsp3) is 0.632. The Bertz CT molecular complexity index is 574. The van der Waals surface area contributed by atoms with E-state index in [-0.39, 0.29) is 12.6 Å². The molecule has 27 heavy (non-hydrogen) atoms. The molecule has 0 fully saturated rings. The third kappa shape index (κ3) is 8.51. The van der Waals surface area contributed by atoms with Gasteiger partial charge in [0, 0.05) is 13.1 Å². The van der Waals surface area contributed by atoms with Crippen molar-refractivity contribution in [1.82, 2.24) is 15.5 Å². The van der Waals surface area contributed by atoms with Crippen LogP contribution in [0, 0.1) is 0 Å². The summed E-state index contributed by atoms with van der Waals surface area (Å²) in [6.07, 6.45) is -5.08. The number of hydrogen-bond acceptors (Lipinski definition) is 3. The highest BCUT2D eigenvalue weighted by atomic mass is 19.4. The minimum Gasteiger partial charge on any atom is -0.497 e. The molecule has 0 aliphatic carbocycles. The van der Waals surface area contributed by atoms with E-state index >= 15 is 0 Å². The van der Waals surface area contributed by atoms with E-state index in [4.69, 9.17) is 4.74 Å². The van der Waals surface area contributed by atoms with Crippen molar-refractivity contribution in [2.24, 2.45) is 4.99 Å². The van der Waals surface area contributed by atoms with E-state index < -0.39 is 12.6 Å². The van der Waals surface area contributed by atoms with Gasteiger partial charge in [0.2, 0.25) is 0 Å². The average molecular weight is 388 g/mol. The zero-order valence-electron chi connectivity index (χ0n) is 16.6. The molecule has 1 aromatic rings. The number of aliphatic imine (C=N–C) groups is 1. The van der Waals surface area contributed by atoms with Crippen LogP contribution in [0.25, 0.3) is 0 Å².